The first-order valence-electron chi connectivity index (χ1n) is 10.7. The van der Waals surface area contributed by atoms with Gasteiger partial charge < -0.3 is 21.3 Å². The summed E-state index contributed by atoms with van der Waals surface area (Å²) in [5.74, 6) is 0.261. The molecule has 0 unspecified atom stereocenters. The largest absolute Gasteiger partial charge is 0.347 e. The number of pyridine rings is 1. The van der Waals surface area contributed by atoms with Gasteiger partial charge in [0.05, 0.1) is 12.0 Å². The summed E-state index contributed by atoms with van der Waals surface area (Å²) in [6.07, 6.45) is 4.46. The van der Waals surface area contributed by atoms with Crippen LogP contribution in [0, 0.1) is 5.92 Å². The normalized spacial score (nSPS) is 22.0. The lowest BCUT2D eigenvalue weighted by molar-refractivity contribution is -0.127. The highest BCUT2D eigenvalue weighted by atomic mass is 16.2. The molecule has 2 aliphatic heterocycles. The molecule has 5 rings (SSSR count). The number of carbonyl (C=O) groups excluding carboxylic acids is 3. The molecule has 31 heavy (non-hydrogen) atoms. The Kier molecular flexibility index (Phi) is 4.94. The molecule has 0 radical (unpaired) electrons. The lowest BCUT2D eigenvalue weighted by atomic mass is 9.79. The monoisotopic (exact) mass is 419 g/mol. The predicted octanol–water partition coefficient (Wildman–Crippen LogP) is 1.12. The molecular weight excluding hydrogens is 394 g/mol. The minimum atomic E-state index is -0.628. The number of hydrogen-bond donors (Lipinski definition) is 4. The first-order valence-corrected chi connectivity index (χ1v) is 10.7. The Morgan fingerprint density at radius 2 is 1.94 bits per heavy atom. The zero-order valence-corrected chi connectivity index (χ0v) is 17.2. The number of nitrogens with one attached hydrogen (secondary N) is 4. The van der Waals surface area contributed by atoms with Crippen LogP contribution in [0.25, 0.3) is 0 Å². The SMILES string of the molecule is O=C(CNC(=O)C1CCNCC1)Nc1ccc2c(c1)C[C@@]1(C2)C(=O)Nc2ncccc21. The van der Waals surface area contributed by atoms with Crippen molar-refractivity contribution in [2.75, 3.05) is 30.3 Å². The van der Waals surface area contributed by atoms with E-state index in [2.05, 4.69) is 26.3 Å². The molecular formula is C23H25N5O3. The fourth-order valence-corrected chi connectivity index (χ4v) is 4.95. The van der Waals surface area contributed by atoms with Gasteiger partial charge in [-0.2, -0.15) is 0 Å². The molecule has 4 N–H and O–H groups in total. The summed E-state index contributed by atoms with van der Waals surface area (Å²) in [7, 11) is 0. The first-order chi connectivity index (χ1) is 15.0. The molecule has 2 aromatic rings. The third-order valence-corrected chi connectivity index (χ3v) is 6.60. The third-order valence-electron chi connectivity index (χ3n) is 6.60. The van der Waals surface area contributed by atoms with Crippen LogP contribution in [0.5, 0.6) is 0 Å². The number of amides is 3. The first kappa shape index (κ1) is 19.7. The van der Waals surface area contributed by atoms with Gasteiger partial charge in [0.15, 0.2) is 0 Å². The van der Waals surface area contributed by atoms with E-state index >= 15 is 0 Å². The van der Waals surface area contributed by atoms with Crippen molar-refractivity contribution < 1.29 is 14.4 Å². The average Bonchev–Trinajstić information content (AvgIpc) is 3.30. The molecule has 1 saturated heterocycles. The van der Waals surface area contributed by atoms with E-state index in [1.165, 1.54) is 0 Å². The van der Waals surface area contributed by atoms with Gasteiger partial charge in [-0.3, -0.25) is 14.4 Å². The third kappa shape index (κ3) is 3.57. The standard InChI is InChI=1S/C23H25N5O3/c29-19(13-26-21(30)14-5-8-24-9-6-14)27-17-4-3-15-11-23(12-16(15)10-17)18-2-1-7-25-20(18)28-22(23)31/h1-4,7,10,14,24H,5-6,8-9,11-13H2,(H,26,30)(H,27,29)(H,25,28,31)/t23-/m1/s1. The second-order valence-corrected chi connectivity index (χ2v) is 8.56. The van der Waals surface area contributed by atoms with Gasteiger partial charge in [0.2, 0.25) is 17.7 Å². The van der Waals surface area contributed by atoms with E-state index in [0.717, 1.165) is 42.6 Å². The van der Waals surface area contributed by atoms with Crippen molar-refractivity contribution in [1.82, 2.24) is 15.6 Å². The van der Waals surface area contributed by atoms with E-state index in [4.69, 9.17) is 0 Å². The van der Waals surface area contributed by atoms with Gasteiger partial charge >= 0.3 is 0 Å². The number of nitrogens with zero attached hydrogens (tertiary/aromatic N) is 1. The number of benzene rings is 1. The Bertz CT molecular complexity index is 1060. The highest BCUT2D eigenvalue weighted by molar-refractivity contribution is 6.06. The number of piperidine rings is 1. The average molecular weight is 419 g/mol. The molecule has 1 aromatic carbocycles. The summed E-state index contributed by atoms with van der Waals surface area (Å²) in [6, 6.07) is 9.56. The maximum absolute atomic E-state index is 12.8. The lowest BCUT2D eigenvalue weighted by Crippen LogP contribution is -2.41. The van der Waals surface area contributed by atoms with Crippen LogP contribution in [-0.2, 0) is 32.6 Å². The molecule has 160 valence electrons. The van der Waals surface area contributed by atoms with Crippen LogP contribution in [0.3, 0.4) is 0 Å². The van der Waals surface area contributed by atoms with Crippen molar-refractivity contribution in [2.24, 2.45) is 5.92 Å². The molecule has 0 saturated carbocycles. The summed E-state index contributed by atoms with van der Waals surface area (Å²) in [4.78, 5) is 41.7. The Morgan fingerprint density at radius 3 is 2.77 bits per heavy atom. The molecule has 3 amide bonds. The number of rotatable bonds is 4. The molecule has 0 bridgehead atoms. The second kappa shape index (κ2) is 7.77. The van der Waals surface area contributed by atoms with Crippen LogP contribution < -0.4 is 21.3 Å². The Balaban J connectivity index is 1.23. The number of fused-ring (bicyclic) bond motifs is 3. The summed E-state index contributed by atoms with van der Waals surface area (Å²) in [5.41, 5.74) is 3.12. The van der Waals surface area contributed by atoms with Crippen LogP contribution in [0.4, 0.5) is 11.5 Å². The van der Waals surface area contributed by atoms with Crippen molar-refractivity contribution in [3.63, 3.8) is 0 Å². The molecule has 8 heteroatoms. The molecule has 1 spiro atoms. The van der Waals surface area contributed by atoms with Gasteiger partial charge in [-0.15, -0.1) is 0 Å². The number of carbonyl (C=O) groups is 3. The maximum atomic E-state index is 12.8. The Morgan fingerprint density at radius 1 is 1.13 bits per heavy atom. The van der Waals surface area contributed by atoms with Crippen molar-refractivity contribution in [1.29, 1.82) is 0 Å². The zero-order chi connectivity index (χ0) is 21.4. The molecule has 1 atom stereocenters. The fourth-order valence-electron chi connectivity index (χ4n) is 4.95. The number of anilines is 2. The van der Waals surface area contributed by atoms with Crippen LogP contribution in [0.1, 0.15) is 29.5 Å². The van der Waals surface area contributed by atoms with Gasteiger partial charge in [0.1, 0.15) is 5.82 Å². The van der Waals surface area contributed by atoms with Gasteiger partial charge in [-0.1, -0.05) is 12.1 Å². The molecule has 1 aliphatic carbocycles. The van der Waals surface area contributed by atoms with Gasteiger partial charge in [-0.25, -0.2) is 4.98 Å². The fraction of sp³-hybridized carbons (Fsp3) is 0.391. The Labute approximate surface area is 180 Å². The zero-order valence-electron chi connectivity index (χ0n) is 17.2. The van der Waals surface area contributed by atoms with Crippen LogP contribution >= 0.6 is 0 Å². The van der Waals surface area contributed by atoms with E-state index < -0.39 is 5.41 Å². The van der Waals surface area contributed by atoms with Crippen LogP contribution in [0.2, 0.25) is 0 Å². The minimum Gasteiger partial charge on any atom is -0.347 e. The van der Waals surface area contributed by atoms with E-state index in [1.807, 2.05) is 30.3 Å². The van der Waals surface area contributed by atoms with Crippen LogP contribution in [-0.4, -0.2) is 42.3 Å². The molecule has 1 fully saturated rings. The van der Waals surface area contributed by atoms with E-state index in [0.29, 0.717) is 24.3 Å². The summed E-state index contributed by atoms with van der Waals surface area (Å²) in [6.45, 7) is 1.62. The van der Waals surface area contributed by atoms with E-state index in [-0.39, 0.29) is 30.2 Å². The molecule has 3 aliphatic rings. The summed E-state index contributed by atoms with van der Waals surface area (Å²) in [5, 5.41) is 11.7. The minimum absolute atomic E-state index is 0.0244. The van der Waals surface area contributed by atoms with Gasteiger partial charge in [0, 0.05) is 23.4 Å². The smallest absolute Gasteiger partial charge is 0.243 e. The van der Waals surface area contributed by atoms with E-state index in [1.54, 1.807) is 6.20 Å². The second-order valence-electron chi connectivity index (χ2n) is 8.56. The number of aromatic nitrogens is 1. The molecule has 3 heterocycles. The van der Waals surface area contributed by atoms with Crippen molar-refractivity contribution in [3.8, 4) is 0 Å². The highest BCUT2D eigenvalue weighted by Gasteiger charge is 2.51. The van der Waals surface area contributed by atoms with Crippen molar-refractivity contribution in [2.45, 2.75) is 31.1 Å². The topological polar surface area (TPSA) is 112 Å². The Hall–Kier alpha value is -3.26. The van der Waals surface area contributed by atoms with Gasteiger partial charge in [0.25, 0.3) is 0 Å². The summed E-state index contributed by atoms with van der Waals surface area (Å²) >= 11 is 0. The molecule has 8 nitrogen and oxygen atoms in total. The molecule has 1 aromatic heterocycles. The summed E-state index contributed by atoms with van der Waals surface area (Å²) < 4.78 is 0. The maximum Gasteiger partial charge on any atom is 0.243 e. The van der Waals surface area contributed by atoms with E-state index in [9.17, 15) is 14.4 Å². The van der Waals surface area contributed by atoms with Crippen LogP contribution in [0.15, 0.2) is 36.5 Å². The number of hydrogen-bond acceptors (Lipinski definition) is 5. The van der Waals surface area contributed by atoms with Crippen molar-refractivity contribution >= 4 is 29.2 Å². The quantitative estimate of drug-likeness (QED) is 0.594. The lowest BCUT2D eigenvalue weighted by Gasteiger charge is -2.21. The highest BCUT2D eigenvalue weighted by Crippen LogP contribution is 2.46. The van der Waals surface area contributed by atoms with Crippen molar-refractivity contribution in [3.05, 3.63) is 53.2 Å². The van der Waals surface area contributed by atoms with Gasteiger partial charge in [-0.05, 0) is 68.1 Å². The predicted molar refractivity (Wildman–Crippen MR) is 116 cm³/mol.